The van der Waals surface area contributed by atoms with Gasteiger partial charge in [-0.15, -0.1) is 0 Å². The SMILES string of the molecule is CCc1c(C)c[n+]2ccc3c4ccccc4[nH]c3c2c1C.[Br-]. The molecule has 0 aliphatic carbocycles. The van der Waals surface area contributed by atoms with Crippen molar-refractivity contribution in [1.82, 2.24) is 4.98 Å². The van der Waals surface area contributed by atoms with Crippen LogP contribution in [0.3, 0.4) is 0 Å². The van der Waals surface area contributed by atoms with Gasteiger partial charge in [-0.3, -0.25) is 0 Å². The number of halogens is 1. The molecule has 0 saturated carbocycles. The molecular formula is C19H19BrN2. The second-order valence-corrected chi connectivity index (χ2v) is 5.80. The van der Waals surface area contributed by atoms with Gasteiger partial charge in [-0.05, 0) is 31.9 Å². The van der Waals surface area contributed by atoms with Crippen LogP contribution in [0.2, 0.25) is 0 Å². The molecular weight excluding hydrogens is 336 g/mol. The fourth-order valence-electron chi connectivity index (χ4n) is 3.64. The number of nitrogens with zero attached hydrogens (tertiary/aromatic N) is 1. The Balaban J connectivity index is 0.00000144. The summed E-state index contributed by atoms with van der Waals surface area (Å²) in [6.07, 6.45) is 5.49. The van der Waals surface area contributed by atoms with Crippen molar-refractivity contribution in [2.45, 2.75) is 27.2 Å². The zero-order valence-electron chi connectivity index (χ0n) is 13.1. The van der Waals surface area contributed by atoms with E-state index in [9.17, 15) is 0 Å². The molecule has 3 aromatic heterocycles. The van der Waals surface area contributed by atoms with Crippen molar-refractivity contribution >= 4 is 27.3 Å². The lowest BCUT2D eigenvalue weighted by molar-refractivity contribution is -0.511. The zero-order chi connectivity index (χ0) is 14.6. The number of H-pyrrole nitrogens is 1. The third kappa shape index (κ3) is 1.96. The molecule has 22 heavy (non-hydrogen) atoms. The smallest absolute Gasteiger partial charge is 0.238 e. The van der Waals surface area contributed by atoms with Gasteiger partial charge in [0.05, 0.1) is 0 Å². The van der Waals surface area contributed by atoms with Crippen LogP contribution >= 0.6 is 0 Å². The van der Waals surface area contributed by atoms with Gasteiger partial charge < -0.3 is 22.0 Å². The van der Waals surface area contributed by atoms with Crippen LogP contribution in [-0.2, 0) is 6.42 Å². The van der Waals surface area contributed by atoms with Gasteiger partial charge in [0.15, 0.2) is 12.4 Å². The predicted molar refractivity (Wildman–Crippen MR) is 87.8 cm³/mol. The number of aryl methyl sites for hydroxylation is 2. The third-order valence-electron chi connectivity index (χ3n) is 4.61. The molecule has 0 aliphatic rings. The van der Waals surface area contributed by atoms with E-state index in [-0.39, 0.29) is 17.0 Å². The summed E-state index contributed by atoms with van der Waals surface area (Å²) in [5, 5.41) is 2.60. The monoisotopic (exact) mass is 354 g/mol. The largest absolute Gasteiger partial charge is 1.00 e. The van der Waals surface area contributed by atoms with Gasteiger partial charge in [-0.2, -0.15) is 4.40 Å². The van der Waals surface area contributed by atoms with E-state index in [0.717, 1.165) is 6.42 Å². The van der Waals surface area contributed by atoms with Crippen molar-refractivity contribution < 1.29 is 21.4 Å². The minimum absolute atomic E-state index is 0. The zero-order valence-corrected chi connectivity index (χ0v) is 14.7. The van der Waals surface area contributed by atoms with Gasteiger partial charge in [0.25, 0.3) is 0 Å². The number of nitrogens with one attached hydrogen (secondary N) is 1. The van der Waals surface area contributed by atoms with E-state index in [1.54, 1.807) is 0 Å². The number of hydrogen-bond donors (Lipinski definition) is 1. The van der Waals surface area contributed by atoms with Gasteiger partial charge in [0.1, 0.15) is 5.52 Å². The lowest BCUT2D eigenvalue weighted by Crippen LogP contribution is -3.00. The quantitative estimate of drug-likeness (QED) is 0.496. The fraction of sp³-hybridized carbons (Fsp3) is 0.211. The first-order chi connectivity index (χ1) is 10.2. The lowest BCUT2D eigenvalue weighted by Gasteiger charge is -2.07. The van der Waals surface area contributed by atoms with Gasteiger partial charge in [-0.25, -0.2) is 0 Å². The van der Waals surface area contributed by atoms with E-state index in [4.69, 9.17) is 0 Å². The van der Waals surface area contributed by atoms with E-state index in [0.29, 0.717) is 0 Å². The van der Waals surface area contributed by atoms with Crippen LogP contribution in [0, 0.1) is 13.8 Å². The Hall–Kier alpha value is -1.87. The van der Waals surface area contributed by atoms with E-state index in [2.05, 4.69) is 72.9 Å². The second kappa shape index (κ2) is 5.40. The standard InChI is InChI=1S/C19H18N2.BrH/c1-4-14-12(2)11-21-10-9-16-15-7-5-6-8-17(15)20-18(16)19(21)13(14)3;/h5-11H,4H2,1-3H3;1H. The van der Waals surface area contributed by atoms with Crippen LogP contribution in [-0.4, -0.2) is 4.98 Å². The Morgan fingerprint density at radius 2 is 1.82 bits per heavy atom. The maximum Gasteiger partial charge on any atom is 0.238 e. The highest BCUT2D eigenvalue weighted by atomic mass is 79.9. The third-order valence-corrected chi connectivity index (χ3v) is 4.61. The van der Waals surface area contributed by atoms with Crippen LogP contribution in [0.5, 0.6) is 0 Å². The number of aromatic nitrogens is 2. The topological polar surface area (TPSA) is 19.9 Å². The normalized spacial score (nSPS) is 11.2. The Bertz CT molecular complexity index is 999. The van der Waals surface area contributed by atoms with E-state index in [1.165, 1.54) is 44.0 Å². The predicted octanol–water partition coefficient (Wildman–Crippen LogP) is 1.24. The number of benzene rings is 1. The summed E-state index contributed by atoms with van der Waals surface area (Å²) in [6, 6.07) is 10.7. The average molecular weight is 355 g/mol. The summed E-state index contributed by atoms with van der Waals surface area (Å²) < 4.78 is 2.25. The van der Waals surface area contributed by atoms with Crippen LogP contribution < -0.4 is 21.4 Å². The van der Waals surface area contributed by atoms with Gasteiger partial charge in [0, 0.05) is 33.5 Å². The van der Waals surface area contributed by atoms with Gasteiger partial charge in [0.2, 0.25) is 5.52 Å². The van der Waals surface area contributed by atoms with Crippen LogP contribution in [0.25, 0.3) is 27.3 Å². The first kappa shape index (κ1) is 15.0. The van der Waals surface area contributed by atoms with Crippen molar-refractivity contribution in [2.24, 2.45) is 0 Å². The maximum absolute atomic E-state index is 3.61. The molecule has 0 amide bonds. The molecule has 1 N–H and O–H groups in total. The summed E-state index contributed by atoms with van der Waals surface area (Å²) in [5.74, 6) is 0. The summed E-state index contributed by atoms with van der Waals surface area (Å²) in [5.41, 5.74) is 7.95. The molecule has 4 aromatic rings. The van der Waals surface area contributed by atoms with Gasteiger partial charge >= 0.3 is 0 Å². The minimum Gasteiger partial charge on any atom is -1.00 e. The van der Waals surface area contributed by atoms with Crippen LogP contribution in [0.4, 0.5) is 0 Å². The molecule has 112 valence electrons. The molecule has 3 heteroatoms. The molecule has 1 aromatic carbocycles. The number of pyridine rings is 2. The summed E-state index contributed by atoms with van der Waals surface area (Å²) in [7, 11) is 0. The molecule has 0 bridgehead atoms. The maximum atomic E-state index is 3.61. The van der Waals surface area contributed by atoms with Crippen molar-refractivity contribution in [2.75, 3.05) is 0 Å². The van der Waals surface area contributed by atoms with Crippen molar-refractivity contribution in [3.05, 3.63) is 59.4 Å². The van der Waals surface area contributed by atoms with E-state index >= 15 is 0 Å². The molecule has 0 radical (unpaired) electrons. The van der Waals surface area contributed by atoms with E-state index in [1.807, 2.05) is 0 Å². The van der Waals surface area contributed by atoms with Crippen LogP contribution in [0.1, 0.15) is 23.6 Å². The molecule has 0 unspecified atom stereocenters. The number of para-hydroxylation sites is 1. The average Bonchev–Trinajstić information content (AvgIpc) is 2.85. The first-order valence-electron chi connectivity index (χ1n) is 7.54. The Labute approximate surface area is 140 Å². The highest BCUT2D eigenvalue weighted by Crippen LogP contribution is 2.29. The Morgan fingerprint density at radius 3 is 2.59 bits per heavy atom. The molecule has 0 saturated heterocycles. The minimum atomic E-state index is 0. The Kier molecular flexibility index (Phi) is 3.69. The highest BCUT2D eigenvalue weighted by Gasteiger charge is 2.18. The highest BCUT2D eigenvalue weighted by molar-refractivity contribution is 6.11. The fourth-order valence-corrected chi connectivity index (χ4v) is 3.64. The molecule has 0 atom stereocenters. The lowest BCUT2D eigenvalue weighted by atomic mass is 10.0. The Morgan fingerprint density at radius 1 is 1.05 bits per heavy atom. The summed E-state index contributed by atoms with van der Waals surface area (Å²) in [4.78, 5) is 3.61. The van der Waals surface area contributed by atoms with Crippen molar-refractivity contribution in [3.8, 4) is 0 Å². The molecule has 4 rings (SSSR count). The number of aromatic amines is 1. The molecule has 0 aliphatic heterocycles. The molecule has 0 fully saturated rings. The number of fused-ring (bicyclic) bond motifs is 5. The van der Waals surface area contributed by atoms with Crippen molar-refractivity contribution in [3.63, 3.8) is 0 Å². The first-order valence-corrected chi connectivity index (χ1v) is 7.54. The second-order valence-electron chi connectivity index (χ2n) is 5.80. The number of rotatable bonds is 1. The number of hydrogen-bond acceptors (Lipinski definition) is 0. The van der Waals surface area contributed by atoms with Crippen LogP contribution in [0.15, 0.2) is 42.7 Å². The molecule has 2 nitrogen and oxygen atoms in total. The summed E-state index contributed by atoms with van der Waals surface area (Å²) in [6.45, 7) is 6.68. The molecule has 3 heterocycles. The van der Waals surface area contributed by atoms with Crippen molar-refractivity contribution in [1.29, 1.82) is 0 Å². The van der Waals surface area contributed by atoms with E-state index < -0.39 is 0 Å². The molecule has 0 spiro atoms. The van der Waals surface area contributed by atoms with Gasteiger partial charge in [-0.1, -0.05) is 25.1 Å². The summed E-state index contributed by atoms with van der Waals surface area (Å²) >= 11 is 0.